The van der Waals surface area contributed by atoms with Gasteiger partial charge in [0.15, 0.2) is 5.69 Å². The number of aromatic nitrogens is 2. The Morgan fingerprint density at radius 2 is 1.81 bits per heavy atom. The maximum atomic E-state index is 14.2. The molecule has 0 radical (unpaired) electrons. The van der Waals surface area contributed by atoms with E-state index in [9.17, 15) is 24.3 Å². The largest absolute Gasteiger partial charge is 0.465 e. The van der Waals surface area contributed by atoms with E-state index in [1.807, 2.05) is 60.4 Å². The summed E-state index contributed by atoms with van der Waals surface area (Å²) in [6.45, 7) is 4.11. The lowest BCUT2D eigenvalue weighted by Gasteiger charge is -2.43. The van der Waals surface area contributed by atoms with Gasteiger partial charge in [0, 0.05) is 31.2 Å². The second-order valence-corrected chi connectivity index (χ2v) is 12.6. The van der Waals surface area contributed by atoms with Gasteiger partial charge in [-0.15, -0.1) is 0 Å². The average Bonchev–Trinajstić information content (AvgIpc) is 3.15. The predicted octanol–water partition coefficient (Wildman–Crippen LogP) is 4.82. The van der Waals surface area contributed by atoms with Crippen molar-refractivity contribution in [2.75, 3.05) is 48.8 Å². The van der Waals surface area contributed by atoms with Crippen LogP contribution in [-0.4, -0.2) is 84.6 Å². The van der Waals surface area contributed by atoms with E-state index in [1.165, 1.54) is 18.9 Å². The molecular weight excluding hydrogens is 668 g/mol. The third kappa shape index (κ3) is 8.55. The zero-order valence-corrected chi connectivity index (χ0v) is 28.7. The summed E-state index contributed by atoms with van der Waals surface area (Å²) in [6.07, 6.45) is 3.36. The number of methoxy groups -OCH3 is 1. The molecule has 0 bridgehead atoms. The summed E-state index contributed by atoms with van der Waals surface area (Å²) in [7, 11) is 1.24. The zero-order chi connectivity index (χ0) is 36.6. The van der Waals surface area contributed by atoms with Crippen molar-refractivity contribution < 1.29 is 33.8 Å². The van der Waals surface area contributed by atoms with E-state index in [0.29, 0.717) is 28.8 Å². The van der Waals surface area contributed by atoms with Crippen LogP contribution in [0, 0.1) is 5.92 Å². The molecule has 2 aliphatic heterocycles. The number of amides is 4. The maximum Gasteiger partial charge on any atom is 0.412 e. The number of carboxylic acid groups (broad SMARTS) is 1. The number of ether oxygens (including phenoxy) is 2. The summed E-state index contributed by atoms with van der Waals surface area (Å²) in [5.74, 6) is -0.845. The molecule has 1 saturated heterocycles. The van der Waals surface area contributed by atoms with Crippen LogP contribution in [0.1, 0.15) is 35.0 Å². The summed E-state index contributed by atoms with van der Waals surface area (Å²) in [4.78, 5) is 61.9. The molecule has 270 valence electrons. The number of piperidine rings is 1. The topological polar surface area (TPSA) is 196 Å². The molecule has 6 N–H and O–H groups in total. The smallest absolute Gasteiger partial charge is 0.412 e. The molecule has 2 aromatic heterocycles. The van der Waals surface area contributed by atoms with E-state index in [-0.39, 0.29) is 30.5 Å². The van der Waals surface area contributed by atoms with Crippen LogP contribution in [0.2, 0.25) is 0 Å². The fraction of sp³-hybridized carbons (Fsp3) is 0.297. The maximum absolute atomic E-state index is 14.2. The highest BCUT2D eigenvalue weighted by Crippen LogP contribution is 2.32. The summed E-state index contributed by atoms with van der Waals surface area (Å²) < 4.78 is 10.2. The molecule has 4 heterocycles. The Labute approximate surface area is 299 Å². The number of pyridine rings is 2. The van der Waals surface area contributed by atoms with E-state index >= 15 is 0 Å². The van der Waals surface area contributed by atoms with Crippen molar-refractivity contribution >= 4 is 57.7 Å². The first-order valence-corrected chi connectivity index (χ1v) is 16.9. The summed E-state index contributed by atoms with van der Waals surface area (Å²) in [5.41, 5.74) is 4.55. The molecule has 52 heavy (non-hydrogen) atoms. The van der Waals surface area contributed by atoms with Gasteiger partial charge in [0.25, 0.3) is 5.91 Å². The Bertz CT molecular complexity index is 1990. The SMILES string of the molecule is COC(=O)NC1C(C)CN(c2ccncc2NC(=O)c2nc3cc(C4=CCNCC4)ccc3cc2NC(=O)OCc2ccccc2)CC1NC(=O)O. The summed E-state index contributed by atoms with van der Waals surface area (Å²) in [5, 5.41) is 24.5. The Morgan fingerprint density at radius 3 is 2.56 bits per heavy atom. The minimum atomic E-state index is -1.25. The van der Waals surface area contributed by atoms with Crippen LogP contribution in [0.5, 0.6) is 0 Å². The Balaban J connectivity index is 1.30. The summed E-state index contributed by atoms with van der Waals surface area (Å²) >= 11 is 0. The number of alkyl carbamates (subject to hydrolysis) is 1. The van der Waals surface area contributed by atoms with Crippen LogP contribution in [0.3, 0.4) is 0 Å². The first kappa shape index (κ1) is 35.6. The molecule has 0 saturated carbocycles. The molecule has 2 aliphatic rings. The van der Waals surface area contributed by atoms with Crippen molar-refractivity contribution in [3.63, 3.8) is 0 Å². The van der Waals surface area contributed by atoms with Gasteiger partial charge in [0.05, 0.1) is 48.0 Å². The Hall–Kier alpha value is -6.22. The lowest BCUT2D eigenvalue weighted by Crippen LogP contribution is -2.64. The normalized spacial score (nSPS) is 18.5. The van der Waals surface area contributed by atoms with Gasteiger partial charge in [-0.3, -0.25) is 15.1 Å². The fourth-order valence-corrected chi connectivity index (χ4v) is 6.54. The standard InChI is InChI=1S/C37H40N8O7/c1-22-19-45(20-30(42-35(47)48)32(22)44-36(49)51-2)31-12-15-39-18-29(31)41-34(46)33-28(43-37(50)52-21-23-6-4-3-5-7-23)17-26-9-8-25(16-27(26)40-33)24-10-13-38-14-11-24/h3-10,12,15-18,22,30,32,38,42H,11,13-14,19-21H2,1-2H3,(H,41,46)(H,43,50)(H,44,49)(H,47,48). The second kappa shape index (κ2) is 16.2. The number of anilines is 3. The van der Waals surface area contributed by atoms with Crippen LogP contribution in [0.4, 0.5) is 31.4 Å². The van der Waals surface area contributed by atoms with Crippen molar-refractivity contribution in [2.45, 2.75) is 32.0 Å². The molecule has 3 atom stereocenters. The van der Waals surface area contributed by atoms with Gasteiger partial charge < -0.3 is 40.7 Å². The minimum absolute atomic E-state index is 0.0313. The number of nitrogens with zero attached hydrogens (tertiary/aromatic N) is 3. The molecule has 4 aromatic rings. The minimum Gasteiger partial charge on any atom is -0.465 e. The van der Waals surface area contributed by atoms with Gasteiger partial charge in [0.2, 0.25) is 0 Å². The van der Waals surface area contributed by atoms with Crippen LogP contribution in [0.15, 0.2) is 79.1 Å². The van der Waals surface area contributed by atoms with E-state index in [2.05, 4.69) is 37.6 Å². The lowest BCUT2D eigenvalue weighted by atomic mass is 9.89. The molecule has 3 unspecified atom stereocenters. The first-order chi connectivity index (χ1) is 25.2. The molecule has 1 fully saturated rings. The molecular formula is C37H40N8O7. The van der Waals surface area contributed by atoms with Crippen molar-refractivity contribution in [1.82, 2.24) is 25.9 Å². The molecule has 4 amide bonds. The first-order valence-electron chi connectivity index (χ1n) is 16.9. The van der Waals surface area contributed by atoms with Crippen molar-refractivity contribution in [2.24, 2.45) is 5.92 Å². The number of benzene rings is 2. The summed E-state index contributed by atoms with van der Waals surface area (Å²) in [6, 6.07) is 17.2. The van der Waals surface area contributed by atoms with Gasteiger partial charge in [-0.1, -0.05) is 55.5 Å². The van der Waals surface area contributed by atoms with E-state index < -0.39 is 36.3 Å². The number of hydrogen-bond acceptors (Lipinski definition) is 10. The number of nitrogens with one attached hydrogen (secondary N) is 5. The van der Waals surface area contributed by atoms with Crippen molar-refractivity contribution in [3.05, 3.63) is 96.0 Å². The van der Waals surface area contributed by atoms with Gasteiger partial charge in [-0.25, -0.2) is 19.4 Å². The Kier molecular flexibility index (Phi) is 11.1. The molecule has 6 rings (SSSR count). The van der Waals surface area contributed by atoms with Gasteiger partial charge in [-0.05, 0) is 53.8 Å². The van der Waals surface area contributed by atoms with Crippen molar-refractivity contribution in [1.29, 1.82) is 0 Å². The van der Waals surface area contributed by atoms with Crippen molar-refractivity contribution in [3.8, 4) is 0 Å². The molecule has 0 aliphatic carbocycles. The third-order valence-electron chi connectivity index (χ3n) is 9.05. The third-order valence-corrected chi connectivity index (χ3v) is 9.05. The molecule has 15 nitrogen and oxygen atoms in total. The quantitative estimate of drug-likeness (QED) is 0.139. The van der Waals surface area contributed by atoms with Gasteiger partial charge in [0.1, 0.15) is 6.61 Å². The lowest BCUT2D eigenvalue weighted by molar-refractivity contribution is 0.102. The number of rotatable bonds is 9. The highest BCUT2D eigenvalue weighted by atomic mass is 16.5. The highest BCUT2D eigenvalue weighted by Gasteiger charge is 2.37. The molecule has 15 heteroatoms. The monoisotopic (exact) mass is 708 g/mol. The zero-order valence-electron chi connectivity index (χ0n) is 28.7. The fourth-order valence-electron chi connectivity index (χ4n) is 6.54. The highest BCUT2D eigenvalue weighted by molar-refractivity contribution is 6.11. The molecule has 0 spiro atoms. The van der Waals surface area contributed by atoms with E-state index in [0.717, 1.165) is 30.6 Å². The second-order valence-electron chi connectivity index (χ2n) is 12.6. The van der Waals surface area contributed by atoms with Gasteiger partial charge in [-0.2, -0.15) is 0 Å². The molecule has 2 aromatic carbocycles. The van der Waals surface area contributed by atoms with Crippen LogP contribution in [0.25, 0.3) is 16.5 Å². The predicted molar refractivity (Wildman–Crippen MR) is 195 cm³/mol. The number of fused-ring (bicyclic) bond motifs is 1. The average molecular weight is 709 g/mol. The Morgan fingerprint density at radius 1 is 0.981 bits per heavy atom. The van der Waals surface area contributed by atoms with E-state index in [1.54, 1.807) is 18.3 Å². The number of carbonyl (C=O) groups excluding carboxylic acids is 3. The van der Waals surface area contributed by atoms with E-state index in [4.69, 9.17) is 14.5 Å². The van der Waals surface area contributed by atoms with Crippen LogP contribution < -0.4 is 31.5 Å². The van der Waals surface area contributed by atoms with Gasteiger partial charge >= 0.3 is 18.3 Å². The van der Waals surface area contributed by atoms with Crippen LogP contribution >= 0.6 is 0 Å². The van der Waals surface area contributed by atoms with Crippen LogP contribution in [-0.2, 0) is 16.1 Å². The number of carbonyl (C=O) groups is 4. The number of hydrogen-bond donors (Lipinski definition) is 6.